The van der Waals surface area contributed by atoms with Crippen LogP contribution in [-0.2, 0) is 14.3 Å². The Morgan fingerprint density at radius 2 is 1.70 bits per heavy atom. The van der Waals surface area contributed by atoms with Gasteiger partial charge in [-0.2, -0.15) is 0 Å². The Balaban J connectivity index is 1.84. The molecule has 2 aromatic carbocycles. The van der Waals surface area contributed by atoms with Crippen molar-refractivity contribution in [1.82, 2.24) is 5.32 Å². The summed E-state index contributed by atoms with van der Waals surface area (Å²) in [6, 6.07) is 15.3. The average Bonchev–Trinajstić information content (AvgIpc) is 2.66. The molecule has 1 atom stereocenters. The van der Waals surface area contributed by atoms with Gasteiger partial charge in [-0.1, -0.05) is 18.2 Å². The third-order valence-electron chi connectivity index (χ3n) is 3.72. The molecule has 2 aromatic rings. The highest BCUT2D eigenvalue weighted by Crippen LogP contribution is 2.22. The summed E-state index contributed by atoms with van der Waals surface area (Å²) in [5, 5.41) is 14.8. The maximum Gasteiger partial charge on any atom is 0.321 e. The number of amides is 1. The molecule has 0 aliphatic rings. The van der Waals surface area contributed by atoms with Crippen molar-refractivity contribution in [2.24, 2.45) is 0 Å². The number of methoxy groups -OCH3 is 1. The molecule has 1 amide bonds. The van der Waals surface area contributed by atoms with Crippen molar-refractivity contribution in [1.29, 1.82) is 0 Å². The first kappa shape index (κ1) is 20.4. The second-order valence-electron chi connectivity index (χ2n) is 5.88. The number of carboxylic acids is 1. The van der Waals surface area contributed by atoms with Crippen LogP contribution in [0.15, 0.2) is 54.6 Å². The van der Waals surface area contributed by atoms with Gasteiger partial charge in [0, 0.05) is 19.4 Å². The van der Waals surface area contributed by atoms with Gasteiger partial charge in [-0.15, -0.1) is 0 Å². The first-order valence-electron chi connectivity index (χ1n) is 8.66. The van der Waals surface area contributed by atoms with Gasteiger partial charge in [-0.3, -0.25) is 9.59 Å². The number of benzene rings is 2. The number of carbonyl (C=O) groups excluding carboxylic acids is 1. The number of hydrogen-bond donors (Lipinski definition) is 3. The standard InChI is InChI=1S/C20H24N2O5/c1-26-13-5-12-21-18(20(24)25)14-19(23)22-15-8-10-17(11-9-15)27-16-6-3-2-4-7-16/h2-4,6-11,18,21H,5,12-14H2,1H3,(H,22,23)(H,24,25). The van der Waals surface area contributed by atoms with Gasteiger partial charge in [-0.05, 0) is 49.4 Å². The van der Waals surface area contributed by atoms with Crippen LogP contribution < -0.4 is 15.4 Å². The van der Waals surface area contributed by atoms with Crippen molar-refractivity contribution in [2.45, 2.75) is 18.9 Å². The second kappa shape index (κ2) is 10.9. The van der Waals surface area contributed by atoms with Gasteiger partial charge in [0.15, 0.2) is 0 Å². The monoisotopic (exact) mass is 372 g/mol. The molecule has 0 fully saturated rings. The second-order valence-corrected chi connectivity index (χ2v) is 5.88. The number of rotatable bonds is 11. The van der Waals surface area contributed by atoms with Crippen LogP contribution in [0.2, 0.25) is 0 Å². The smallest absolute Gasteiger partial charge is 0.321 e. The molecule has 7 nitrogen and oxygen atoms in total. The van der Waals surface area contributed by atoms with Crippen molar-refractivity contribution in [3.63, 3.8) is 0 Å². The van der Waals surface area contributed by atoms with Crippen molar-refractivity contribution >= 4 is 17.6 Å². The fourth-order valence-electron chi connectivity index (χ4n) is 2.37. The maximum atomic E-state index is 12.1. The molecule has 0 heterocycles. The van der Waals surface area contributed by atoms with E-state index in [1.54, 1.807) is 31.4 Å². The van der Waals surface area contributed by atoms with Gasteiger partial charge in [0.05, 0.1) is 6.42 Å². The molecule has 0 spiro atoms. The molecule has 0 saturated carbocycles. The van der Waals surface area contributed by atoms with E-state index in [9.17, 15) is 14.7 Å². The number of para-hydroxylation sites is 1. The predicted molar refractivity (Wildman–Crippen MR) is 102 cm³/mol. The summed E-state index contributed by atoms with van der Waals surface area (Å²) in [7, 11) is 1.58. The molecule has 2 rings (SSSR count). The van der Waals surface area contributed by atoms with Gasteiger partial charge in [0.1, 0.15) is 17.5 Å². The third kappa shape index (κ3) is 7.47. The van der Waals surface area contributed by atoms with Gasteiger partial charge in [0.2, 0.25) is 5.91 Å². The van der Waals surface area contributed by atoms with E-state index < -0.39 is 12.0 Å². The number of carbonyl (C=O) groups is 2. The SMILES string of the molecule is COCCCNC(CC(=O)Nc1ccc(Oc2ccccc2)cc1)C(=O)O. The van der Waals surface area contributed by atoms with Crippen LogP contribution in [0.4, 0.5) is 5.69 Å². The Morgan fingerprint density at radius 1 is 1.04 bits per heavy atom. The molecule has 27 heavy (non-hydrogen) atoms. The topological polar surface area (TPSA) is 96.9 Å². The zero-order chi connectivity index (χ0) is 19.5. The zero-order valence-electron chi connectivity index (χ0n) is 15.2. The van der Waals surface area contributed by atoms with Crippen LogP contribution in [0.5, 0.6) is 11.5 Å². The van der Waals surface area contributed by atoms with Crippen LogP contribution in [0.3, 0.4) is 0 Å². The lowest BCUT2D eigenvalue weighted by molar-refractivity contribution is -0.141. The Hall–Kier alpha value is -2.90. The molecule has 0 bridgehead atoms. The van der Waals surface area contributed by atoms with Crippen molar-refractivity contribution in [3.05, 3.63) is 54.6 Å². The Morgan fingerprint density at radius 3 is 2.33 bits per heavy atom. The summed E-state index contributed by atoms with van der Waals surface area (Å²) < 4.78 is 10.6. The fraction of sp³-hybridized carbons (Fsp3) is 0.300. The van der Waals surface area contributed by atoms with E-state index in [-0.39, 0.29) is 12.3 Å². The minimum absolute atomic E-state index is 0.162. The summed E-state index contributed by atoms with van der Waals surface area (Å²) in [6.07, 6.45) is 0.509. The Bertz CT molecular complexity index is 719. The summed E-state index contributed by atoms with van der Waals surface area (Å²) >= 11 is 0. The number of ether oxygens (including phenoxy) is 2. The molecule has 7 heteroatoms. The molecule has 1 unspecified atom stereocenters. The average molecular weight is 372 g/mol. The predicted octanol–water partition coefficient (Wildman–Crippen LogP) is 2.89. The van der Waals surface area contributed by atoms with Crippen LogP contribution in [-0.4, -0.2) is 43.3 Å². The zero-order valence-corrected chi connectivity index (χ0v) is 15.2. The third-order valence-corrected chi connectivity index (χ3v) is 3.72. The van der Waals surface area contributed by atoms with Crippen molar-refractivity contribution < 1.29 is 24.2 Å². The van der Waals surface area contributed by atoms with E-state index in [1.165, 1.54) is 0 Å². The summed E-state index contributed by atoms with van der Waals surface area (Å²) in [5.74, 6) is -0.0758. The molecule has 0 radical (unpaired) electrons. The number of anilines is 1. The molecular formula is C20H24N2O5. The lowest BCUT2D eigenvalue weighted by atomic mass is 10.2. The van der Waals surface area contributed by atoms with E-state index >= 15 is 0 Å². The van der Waals surface area contributed by atoms with E-state index in [0.29, 0.717) is 31.0 Å². The Labute approximate surface area is 158 Å². The quantitative estimate of drug-likeness (QED) is 0.525. The highest BCUT2D eigenvalue weighted by molar-refractivity contribution is 5.94. The van der Waals surface area contributed by atoms with Crippen LogP contribution in [0.1, 0.15) is 12.8 Å². The molecule has 144 valence electrons. The van der Waals surface area contributed by atoms with Crippen LogP contribution in [0, 0.1) is 0 Å². The van der Waals surface area contributed by atoms with Gasteiger partial charge in [-0.25, -0.2) is 0 Å². The molecule has 0 aliphatic heterocycles. The number of carboxylic acid groups (broad SMARTS) is 1. The first-order chi connectivity index (χ1) is 13.1. The number of nitrogens with one attached hydrogen (secondary N) is 2. The highest BCUT2D eigenvalue weighted by Gasteiger charge is 2.20. The van der Waals surface area contributed by atoms with E-state index in [1.807, 2.05) is 30.3 Å². The fourth-order valence-corrected chi connectivity index (χ4v) is 2.37. The molecule has 0 aliphatic carbocycles. The molecular weight excluding hydrogens is 348 g/mol. The van der Waals surface area contributed by atoms with E-state index in [0.717, 1.165) is 5.75 Å². The van der Waals surface area contributed by atoms with Crippen molar-refractivity contribution in [2.75, 3.05) is 25.6 Å². The van der Waals surface area contributed by atoms with Gasteiger partial charge in [0.25, 0.3) is 0 Å². The van der Waals surface area contributed by atoms with Gasteiger partial charge >= 0.3 is 5.97 Å². The van der Waals surface area contributed by atoms with Crippen LogP contribution in [0.25, 0.3) is 0 Å². The minimum atomic E-state index is -1.06. The summed E-state index contributed by atoms with van der Waals surface area (Å²) in [6.45, 7) is 0.993. The van der Waals surface area contributed by atoms with Crippen LogP contribution >= 0.6 is 0 Å². The highest BCUT2D eigenvalue weighted by atomic mass is 16.5. The minimum Gasteiger partial charge on any atom is -0.480 e. The molecule has 3 N–H and O–H groups in total. The molecule has 0 saturated heterocycles. The maximum absolute atomic E-state index is 12.1. The lowest BCUT2D eigenvalue weighted by Gasteiger charge is -2.14. The van der Waals surface area contributed by atoms with E-state index in [2.05, 4.69) is 10.6 Å². The summed E-state index contributed by atoms with van der Waals surface area (Å²) in [4.78, 5) is 23.4. The Kier molecular flexibility index (Phi) is 8.28. The normalized spacial score (nSPS) is 11.6. The first-order valence-corrected chi connectivity index (χ1v) is 8.66. The lowest BCUT2D eigenvalue weighted by Crippen LogP contribution is -2.40. The van der Waals surface area contributed by atoms with Gasteiger partial charge < -0.3 is 25.2 Å². The number of aliphatic carboxylic acids is 1. The summed E-state index contributed by atoms with van der Waals surface area (Å²) in [5.41, 5.74) is 0.573. The number of hydrogen-bond acceptors (Lipinski definition) is 5. The molecule has 0 aromatic heterocycles. The van der Waals surface area contributed by atoms with Crippen molar-refractivity contribution in [3.8, 4) is 11.5 Å². The largest absolute Gasteiger partial charge is 0.480 e. The van der Waals surface area contributed by atoms with E-state index in [4.69, 9.17) is 9.47 Å².